The molecule has 0 aromatic heterocycles. The van der Waals surface area contributed by atoms with E-state index in [0.29, 0.717) is 0 Å². The molecule has 0 spiro atoms. The van der Waals surface area contributed by atoms with Crippen LogP contribution >= 0.6 is 0 Å². The second-order valence-corrected chi connectivity index (χ2v) is 5.09. The zero-order valence-electron chi connectivity index (χ0n) is 15.9. The van der Waals surface area contributed by atoms with Gasteiger partial charge in [0.1, 0.15) is 0 Å². The van der Waals surface area contributed by atoms with Crippen LogP contribution in [-0.2, 0) is 11.3 Å². The summed E-state index contributed by atoms with van der Waals surface area (Å²) in [6, 6.07) is 8.13. The molecule has 0 aliphatic carbocycles. The minimum Gasteiger partial charge on any atom is -0.326 e. The van der Waals surface area contributed by atoms with Crippen molar-refractivity contribution in [1.82, 2.24) is 9.80 Å². The SMILES string of the molecule is CC.CC.CCN1CCN(Cc2ccc(NC(C)=O)cc2)CC1. The quantitative estimate of drug-likeness (QED) is 0.915. The monoisotopic (exact) mass is 321 g/mol. The van der Waals surface area contributed by atoms with E-state index < -0.39 is 0 Å². The van der Waals surface area contributed by atoms with Gasteiger partial charge in [0.05, 0.1) is 0 Å². The van der Waals surface area contributed by atoms with E-state index in [1.807, 2.05) is 39.8 Å². The standard InChI is InChI=1S/C15H23N3O.2C2H6/c1-3-17-8-10-18(11-9-17)12-14-4-6-15(7-5-14)16-13(2)19;2*1-2/h4-7H,3,8-12H2,1-2H3,(H,16,19);2*1-2H3. The maximum Gasteiger partial charge on any atom is 0.221 e. The van der Waals surface area contributed by atoms with Crippen LogP contribution in [0.15, 0.2) is 24.3 Å². The topological polar surface area (TPSA) is 35.6 Å². The highest BCUT2D eigenvalue weighted by Crippen LogP contribution is 2.12. The first-order valence-corrected chi connectivity index (χ1v) is 8.98. The van der Waals surface area contributed by atoms with Crippen molar-refractivity contribution in [1.29, 1.82) is 0 Å². The fourth-order valence-electron chi connectivity index (χ4n) is 2.42. The van der Waals surface area contributed by atoms with E-state index in [2.05, 4.69) is 34.2 Å². The van der Waals surface area contributed by atoms with Crippen molar-refractivity contribution in [2.24, 2.45) is 0 Å². The Morgan fingerprint density at radius 2 is 1.43 bits per heavy atom. The second-order valence-electron chi connectivity index (χ2n) is 5.09. The van der Waals surface area contributed by atoms with Crippen LogP contribution in [0.2, 0.25) is 0 Å². The van der Waals surface area contributed by atoms with Crippen molar-refractivity contribution in [3.8, 4) is 0 Å². The van der Waals surface area contributed by atoms with Crippen molar-refractivity contribution in [3.63, 3.8) is 0 Å². The average Bonchev–Trinajstić information content (AvgIpc) is 2.60. The molecule has 1 aromatic rings. The zero-order valence-corrected chi connectivity index (χ0v) is 15.9. The molecule has 1 aliphatic rings. The number of rotatable bonds is 4. The molecule has 1 N–H and O–H groups in total. The summed E-state index contributed by atoms with van der Waals surface area (Å²) in [7, 11) is 0. The Morgan fingerprint density at radius 1 is 0.957 bits per heavy atom. The van der Waals surface area contributed by atoms with Crippen LogP contribution < -0.4 is 5.32 Å². The number of anilines is 1. The molecule has 23 heavy (non-hydrogen) atoms. The fourth-order valence-corrected chi connectivity index (χ4v) is 2.42. The maximum absolute atomic E-state index is 11.0. The lowest BCUT2D eigenvalue weighted by atomic mass is 10.1. The van der Waals surface area contributed by atoms with Gasteiger partial charge in [-0.25, -0.2) is 0 Å². The molecule has 0 bridgehead atoms. The van der Waals surface area contributed by atoms with Gasteiger partial charge in [0.15, 0.2) is 0 Å². The van der Waals surface area contributed by atoms with E-state index >= 15 is 0 Å². The molecular weight excluding hydrogens is 286 g/mol. The molecule has 4 nitrogen and oxygen atoms in total. The summed E-state index contributed by atoms with van der Waals surface area (Å²) in [5.74, 6) is -0.0246. The van der Waals surface area contributed by atoms with Crippen molar-refractivity contribution in [2.75, 3.05) is 38.0 Å². The van der Waals surface area contributed by atoms with Crippen molar-refractivity contribution < 1.29 is 4.79 Å². The van der Waals surface area contributed by atoms with E-state index in [0.717, 1.165) is 31.9 Å². The molecule has 0 radical (unpaired) electrons. The molecule has 0 atom stereocenters. The lowest BCUT2D eigenvalue weighted by Crippen LogP contribution is -2.45. The third-order valence-corrected chi connectivity index (χ3v) is 3.59. The highest BCUT2D eigenvalue weighted by Gasteiger charge is 2.15. The molecule has 1 heterocycles. The minimum atomic E-state index is -0.0246. The van der Waals surface area contributed by atoms with Gasteiger partial charge in [0.25, 0.3) is 0 Å². The Bertz CT molecular complexity index is 409. The summed E-state index contributed by atoms with van der Waals surface area (Å²) in [6.07, 6.45) is 0. The predicted octanol–water partition coefficient (Wildman–Crippen LogP) is 3.83. The molecular formula is C19H35N3O. The average molecular weight is 322 g/mol. The minimum absolute atomic E-state index is 0.0246. The first kappa shape index (κ1) is 21.6. The highest BCUT2D eigenvalue weighted by atomic mass is 16.1. The summed E-state index contributed by atoms with van der Waals surface area (Å²) in [4.78, 5) is 15.9. The van der Waals surface area contributed by atoms with Gasteiger partial charge in [-0.05, 0) is 24.2 Å². The summed E-state index contributed by atoms with van der Waals surface area (Å²) >= 11 is 0. The molecule has 132 valence electrons. The van der Waals surface area contributed by atoms with Gasteiger partial charge >= 0.3 is 0 Å². The first-order valence-electron chi connectivity index (χ1n) is 8.98. The highest BCUT2D eigenvalue weighted by molar-refractivity contribution is 5.88. The Kier molecular flexibility index (Phi) is 12.3. The molecule has 1 aromatic carbocycles. The molecule has 1 amide bonds. The number of amides is 1. The summed E-state index contributed by atoms with van der Waals surface area (Å²) < 4.78 is 0. The molecule has 0 unspecified atom stereocenters. The summed E-state index contributed by atoms with van der Waals surface area (Å²) in [5.41, 5.74) is 2.17. The van der Waals surface area contributed by atoms with E-state index in [-0.39, 0.29) is 5.91 Å². The van der Waals surface area contributed by atoms with Gasteiger partial charge in [0, 0.05) is 45.3 Å². The number of hydrogen-bond donors (Lipinski definition) is 1. The van der Waals surface area contributed by atoms with Crippen molar-refractivity contribution in [2.45, 2.75) is 48.1 Å². The molecule has 0 saturated carbocycles. The Balaban J connectivity index is 0.00000112. The third-order valence-electron chi connectivity index (χ3n) is 3.59. The second kappa shape index (κ2) is 13.1. The number of benzene rings is 1. The number of nitrogens with one attached hydrogen (secondary N) is 1. The smallest absolute Gasteiger partial charge is 0.221 e. The molecule has 4 heteroatoms. The van der Waals surface area contributed by atoms with Crippen LogP contribution in [0.25, 0.3) is 0 Å². The fraction of sp³-hybridized carbons (Fsp3) is 0.632. The normalized spacial score (nSPS) is 14.9. The number of carbonyl (C=O) groups is 1. The van der Waals surface area contributed by atoms with E-state index in [4.69, 9.17) is 0 Å². The Labute approximate surface area is 142 Å². The zero-order chi connectivity index (χ0) is 17.7. The van der Waals surface area contributed by atoms with Gasteiger partial charge in [0.2, 0.25) is 5.91 Å². The Morgan fingerprint density at radius 3 is 1.87 bits per heavy atom. The number of likely N-dealkylation sites (N-methyl/N-ethyl adjacent to an activating group) is 1. The predicted molar refractivity (Wildman–Crippen MR) is 101 cm³/mol. The first-order chi connectivity index (χ1) is 11.2. The Hall–Kier alpha value is -1.39. The number of hydrogen-bond acceptors (Lipinski definition) is 3. The van der Waals surface area contributed by atoms with Crippen molar-refractivity contribution in [3.05, 3.63) is 29.8 Å². The van der Waals surface area contributed by atoms with Crippen LogP contribution in [0, 0.1) is 0 Å². The molecule has 1 aliphatic heterocycles. The van der Waals surface area contributed by atoms with Crippen molar-refractivity contribution >= 4 is 11.6 Å². The van der Waals surface area contributed by atoms with Crippen LogP contribution in [0.1, 0.15) is 47.1 Å². The summed E-state index contributed by atoms with van der Waals surface area (Å²) in [5, 5.41) is 2.79. The van der Waals surface area contributed by atoms with Gasteiger partial charge in [-0.1, -0.05) is 46.8 Å². The van der Waals surface area contributed by atoms with Gasteiger partial charge in [-0.2, -0.15) is 0 Å². The van der Waals surface area contributed by atoms with E-state index in [1.54, 1.807) is 0 Å². The summed E-state index contributed by atoms with van der Waals surface area (Å²) in [6.45, 7) is 18.5. The van der Waals surface area contributed by atoms with Gasteiger partial charge < -0.3 is 10.2 Å². The lowest BCUT2D eigenvalue weighted by molar-refractivity contribution is -0.114. The largest absolute Gasteiger partial charge is 0.326 e. The number of nitrogens with zero attached hydrogens (tertiary/aromatic N) is 2. The lowest BCUT2D eigenvalue weighted by Gasteiger charge is -2.34. The molecule has 1 saturated heterocycles. The van der Waals surface area contributed by atoms with E-state index in [9.17, 15) is 4.79 Å². The van der Waals surface area contributed by atoms with Gasteiger partial charge in [-0.3, -0.25) is 9.69 Å². The van der Waals surface area contributed by atoms with Gasteiger partial charge in [-0.15, -0.1) is 0 Å². The van der Waals surface area contributed by atoms with Crippen LogP contribution in [0.4, 0.5) is 5.69 Å². The number of piperazine rings is 1. The maximum atomic E-state index is 11.0. The molecule has 1 fully saturated rings. The van der Waals surface area contributed by atoms with Crippen LogP contribution in [0.5, 0.6) is 0 Å². The third kappa shape index (κ3) is 8.72. The van der Waals surface area contributed by atoms with Crippen LogP contribution in [0.3, 0.4) is 0 Å². The molecule has 2 rings (SSSR count). The van der Waals surface area contributed by atoms with Crippen LogP contribution in [-0.4, -0.2) is 48.4 Å². The number of carbonyl (C=O) groups excluding carboxylic acids is 1. The van der Waals surface area contributed by atoms with E-state index in [1.165, 1.54) is 25.6 Å².